The van der Waals surface area contributed by atoms with Gasteiger partial charge in [0, 0.05) is 22.7 Å². The minimum Gasteiger partial charge on any atom is -0.446 e. The Hall–Kier alpha value is -3.82. The van der Waals surface area contributed by atoms with Crippen molar-refractivity contribution in [3.63, 3.8) is 0 Å². The lowest BCUT2D eigenvalue weighted by molar-refractivity contribution is 0.122. The largest absolute Gasteiger partial charge is 0.446 e. The second kappa shape index (κ2) is 11.9. The summed E-state index contributed by atoms with van der Waals surface area (Å²) in [5, 5.41) is 9.77. The summed E-state index contributed by atoms with van der Waals surface area (Å²) in [6.45, 7) is 10.0. The van der Waals surface area contributed by atoms with E-state index in [1.54, 1.807) is 16.7 Å². The van der Waals surface area contributed by atoms with Crippen molar-refractivity contribution in [1.29, 1.82) is 5.26 Å². The van der Waals surface area contributed by atoms with Crippen molar-refractivity contribution in [1.82, 2.24) is 4.98 Å². The quantitative estimate of drug-likeness (QED) is 0.284. The van der Waals surface area contributed by atoms with Crippen LogP contribution in [0.25, 0.3) is 6.08 Å². The molecule has 200 valence electrons. The fraction of sp³-hybridized carbons (Fsp3) is 0.303. The van der Waals surface area contributed by atoms with Gasteiger partial charge >= 0.3 is 6.09 Å². The van der Waals surface area contributed by atoms with Gasteiger partial charge < -0.3 is 4.74 Å². The summed E-state index contributed by atoms with van der Waals surface area (Å²) in [4.78, 5) is 20.8. The predicted molar refractivity (Wildman–Crippen MR) is 160 cm³/mol. The second-order valence-corrected chi connectivity index (χ2v) is 11.4. The molecule has 1 atom stereocenters. The first kappa shape index (κ1) is 28.2. The number of allylic oxidation sites excluding steroid dienone is 3. The molecule has 0 saturated heterocycles. The topological polar surface area (TPSA) is 66.2 Å². The van der Waals surface area contributed by atoms with Crippen molar-refractivity contribution in [3.05, 3.63) is 106 Å². The van der Waals surface area contributed by atoms with E-state index in [1.165, 1.54) is 0 Å². The molecule has 0 spiro atoms. The third kappa shape index (κ3) is 6.43. The number of carbonyl (C=O) groups excluding carboxylic acids is 1. The van der Waals surface area contributed by atoms with Crippen LogP contribution >= 0.6 is 11.8 Å². The van der Waals surface area contributed by atoms with Crippen molar-refractivity contribution < 1.29 is 9.53 Å². The zero-order valence-electron chi connectivity index (χ0n) is 23.4. The number of benzene rings is 2. The molecule has 0 aliphatic heterocycles. The summed E-state index contributed by atoms with van der Waals surface area (Å²) >= 11 is 1.66. The van der Waals surface area contributed by atoms with Crippen molar-refractivity contribution in [2.75, 3.05) is 11.2 Å². The van der Waals surface area contributed by atoms with Crippen LogP contribution in [0.4, 0.5) is 10.5 Å². The Bertz CT molecular complexity index is 1450. The summed E-state index contributed by atoms with van der Waals surface area (Å²) in [6.07, 6.45) is 9.51. The number of hydrogen-bond acceptors (Lipinski definition) is 5. The molecule has 1 unspecified atom stereocenters. The Balaban J connectivity index is 1.74. The molecule has 1 aliphatic carbocycles. The fourth-order valence-electron chi connectivity index (χ4n) is 4.62. The lowest BCUT2D eigenvalue weighted by atomic mass is 9.84. The van der Waals surface area contributed by atoms with Crippen molar-refractivity contribution in [3.8, 4) is 6.07 Å². The van der Waals surface area contributed by atoms with E-state index < -0.39 is 5.41 Å². The number of pyridine rings is 1. The fourth-order valence-corrected chi connectivity index (χ4v) is 5.03. The maximum Gasteiger partial charge on any atom is 0.414 e. The van der Waals surface area contributed by atoms with Crippen LogP contribution in [0.3, 0.4) is 0 Å². The van der Waals surface area contributed by atoms with Crippen molar-refractivity contribution in [2.24, 2.45) is 5.41 Å². The third-order valence-corrected chi connectivity index (χ3v) is 7.65. The summed E-state index contributed by atoms with van der Waals surface area (Å²) in [7, 11) is 0. The molecule has 1 aromatic heterocycles. The van der Waals surface area contributed by atoms with E-state index in [2.05, 4.69) is 55.5 Å². The number of fused-ring (bicyclic) bond motifs is 1. The number of amides is 1. The molecule has 5 nitrogen and oxygen atoms in total. The minimum absolute atomic E-state index is 0.0960. The van der Waals surface area contributed by atoms with Gasteiger partial charge in [-0.2, -0.15) is 5.26 Å². The summed E-state index contributed by atoms with van der Waals surface area (Å²) in [5.41, 5.74) is 6.30. The highest BCUT2D eigenvalue weighted by Crippen LogP contribution is 2.38. The first-order chi connectivity index (χ1) is 18.6. The molecule has 0 bridgehead atoms. The van der Waals surface area contributed by atoms with Crippen LogP contribution in [-0.4, -0.2) is 23.4 Å². The van der Waals surface area contributed by atoms with Crippen LogP contribution in [0.15, 0.2) is 83.4 Å². The average molecular weight is 538 g/mol. The molecule has 1 heterocycles. The van der Waals surface area contributed by atoms with Crippen molar-refractivity contribution >= 4 is 29.6 Å². The Morgan fingerprint density at radius 3 is 2.59 bits per heavy atom. The van der Waals surface area contributed by atoms with Crippen LogP contribution in [0.2, 0.25) is 0 Å². The molecule has 0 fully saturated rings. The second-order valence-electron chi connectivity index (χ2n) is 10.6. The van der Waals surface area contributed by atoms with Gasteiger partial charge in [0.15, 0.2) is 0 Å². The number of nitrogens with zero attached hydrogens (tertiary/aromatic N) is 3. The van der Waals surface area contributed by atoms with Gasteiger partial charge in [0.1, 0.15) is 0 Å². The van der Waals surface area contributed by atoms with E-state index in [-0.39, 0.29) is 18.1 Å². The van der Waals surface area contributed by atoms with Crippen molar-refractivity contribution in [2.45, 2.75) is 58.1 Å². The zero-order chi connectivity index (χ0) is 28.2. The number of hydrogen-bond donors (Lipinski definition) is 0. The highest BCUT2D eigenvalue weighted by Gasteiger charge is 2.27. The van der Waals surface area contributed by atoms with E-state index in [1.807, 2.05) is 70.5 Å². The number of ether oxygens (including phenoxy) is 1. The molecule has 0 saturated carbocycles. The summed E-state index contributed by atoms with van der Waals surface area (Å²) in [5.74, 6) is -0.0960. The number of thioether (sulfide) groups is 1. The Kier molecular flexibility index (Phi) is 8.62. The molecule has 4 rings (SSSR count). The number of aryl methyl sites for hydroxylation is 1. The third-order valence-electron chi connectivity index (χ3n) is 6.91. The first-order valence-electron chi connectivity index (χ1n) is 13.1. The molecule has 6 heteroatoms. The highest BCUT2D eigenvalue weighted by atomic mass is 32.2. The standard InChI is InChI=1S/C33H35N3O2S/c1-22(2)38-32(37)36(27-12-14-28(39-6)15-13-27)20-24-10-9-23(3)30(18-24)29-16-11-26(33(4,5)21-34)19-25-8-7-17-35-31(25)29/h7-19,22,29H,20H2,1-6H3. The van der Waals surface area contributed by atoms with Gasteiger partial charge in [0.25, 0.3) is 0 Å². The van der Waals surface area contributed by atoms with Gasteiger partial charge in [0.2, 0.25) is 0 Å². The van der Waals surface area contributed by atoms with Gasteiger partial charge in [-0.15, -0.1) is 11.8 Å². The molecule has 1 aliphatic rings. The summed E-state index contributed by atoms with van der Waals surface area (Å²) in [6, 6.07) is 20.7. The molecule has 0 radical (unpaired) electrons. The summed E-state index contributed by atoms with van der Waals surface area (Å²) < 4.78 is 5.61. The maximum atomic E-state index is 13.2. The monoisotopic (exact) mass is 537 g/mol. The van der Waals surface area contributed by atoms with Crippen LogP contribution in [-0.2, 0) is 11.3 Å². The number of rotatable bonds is 7. The van der Waals surface area contributed by atoms with E-state index in [9.17, 15) is 10.1 Å². The zero-order valence-corrected chi connectivity index (χ0v) is 24.3. The van der Waals surface area contributed by atoms with Gasteiger partial charge in [-0.05, 0) is 105 Å². The van der Waals surface area contributed by atoms with E-state index in [0.717, 1.165) is 44.1 Å². The number of aromatic nitrogens is 1. The molecule has 3 aromatic rings. The normalized spacial score (nSPS) is 14.7. The average Bonchev–Trinajstić information content (AvgIpc) is 3.12. The lowest BCUT2D eigenvalue weighted by Gasteiger charge is -2.25. The maximum absolute atomic E-state index is 13.2. The van der Waals surface area contributed by atoms with Gasteiger partial charge in [-0.25, -0.2) is 4.79 Å². The minimum atomic E-state index is -0.626. The molecule has 39 heavy (non-hydrogen) atoms. The van der Waals surface area contributed by atoms with Gasteiger partial charge in [-0.1, -0.05) is 36.4 Å². The highest BCUT2D eigenvalue weighted by molar-refractivity contribution is 7.98. The smallest absolute Gasteiger partial charge is 0.414 e. The number of nitriles is 1. The molecule has 0 N–H and O–H groups in total. The Labute approximate surface area is 236 Å². The number of anilines is 1. The van der Waals surface area contributed by atoms with Crippen LogP contribution in [0.5, 0.6) is 0 Å². The molecule has 2 aromatic carbocycles. The van der Waals surface area contributed by atoms with Crippen LogP contribution < -0.4 is 4.90 Å². The molecule has 1 amide bonds. The predicted octanol–water partition coefficient (Wildman–Crippen LogP) is 8.30. The van der Waals surface area contributed by atoms with E-state index in [4.69, 9.17) is 9.72 Å². The molecular formula is C33H35N3O2S. The number of carbonyl (C=O) groups is 1. The van der Waals surface area contributed by atoms with Crippen LogP contribution in [0, 0.1) is 23.7 Å². The van der Waals surface area contributed by atoms with Crippen LogP contribution in [0.1, 0.15) is 61.6 Å². The lowest BCUT2D eigenvalue weighted by Crippen LogP contribution is -2.32. The van der Waals surface area contributed by atoms with E-state index >= 15 is 0 Å². The van der Waals surface area contributed by atoms with Gasteiger partial charge in [-0.3, -0.25) is 9.88 Å². The Morgan fingerprint density at radius 1 is 1.18 bits per heavy atom. The van der Waals surface area contributed by atoms with E-state index in [0.29, 0.717) is 6.54 Å². The Morgan fingerprint density at radius 2 is 1.92 bits per heavy atom. The first-order valence-corrected chi connectivity index (χ1v) is 14.3. The van der Waals surface area contributed by atoms with Gasteiger partial charge in [0.05, 0.1) is 29.8 Å². The molecular weight excluding hydrogens is 502 g/mol. The SMILES string of the molecule is CSc1ccc(N(Cc2ccc(C)c(C3C=CC(C(C)(C)C#N)=Cc4cccnc43)c2)C(=O)OC(C)C)cc1.